The number of aromatic nitrogens is 2. The number of nitrogens with one attached hydrogen (secondary N) is 2. The van der Waals surface area contributed by atoms with Crippen molar-refractivity contribution in [2.75, 3.05) is 37.8 Å². The van der Waals surface area contributed by atoms with Gasteiger partial charge < -0.3 is 25.5 Å². The summed E-state index contributed by atoms with van der Waals surface area (Å²) in [5.74, 6) is -2.47. The summed E-state index contributed by atoms with van der Waals surface area (Å²) in [5.41, 5.74) is -0.0596. The molecule has 0 unspecified atom stereocenters. The first-order valence-corrected chi connectivity index (χ1v) is 12.8. The highest BCUT2D eigenvalue weighted by Gasteiger charge is 2.38. The van der Waals surface area contributed by atoms with Crippen molar-refractivity contribution in [2.24, 2.45) is 5.92 Å². The molecule has 1 aliphatic heterocycles. The number of piperidine rings is 1. The fourth-order valence-corrected chi connectivity index (χ4v) is 5.11. The zero-order valence-electron chi connectivity index (χ0n) is 21.5. The van der Waals surface area contributed by atoms with Crippen molar-refractivity contribution >= 4 is 29.3 Å². The maximum Gasteiger partial charge on any atom is 0.421 e. The molecular formula is C26H33F3N6O3. The number of aliphatic carboxylic acids is 1. The largest absolute Gasteiger partial charge is 0.481 e. The topological polar surface area (TPSA) is 111 Å². The minimum absolute atomic E-state index is 0.0781. The lowest BCUT2D eigenvalue weighted by molar-refractivity contribution is -0.143. The maximum atomic E-state index is 13.7. The number of alkyl halides is 3. The van der Waals surface area contributed by atoms with E-state index in [-0.39, 0.29) is 17.9 Å². The monoisotopic (exact) mass is 534 g/mol. The van der Waals surface area contributed by atoms with Crippen LogP contribution in [0.3, 0.4) is 0 Å². The van der Waals surface area contributed by atoms with Crippen molar-refractivity contribution in [1.82, 2.24) is 19.8 Å². The zero-order valence-corrected chi connectivity index (χ0v) is 21.5. The standard InChI is InChI=1S/C26H33F3N6O3/c1-34-13-11-18(12-14-34)35(2)23(36)16-7-9-17(10-8-16)31-25-30-15-20(26(27,28)29)22(33-25)32-21-6-4-3-5-19(21)24(37)38/h7-10,15,18-19,21H,3-6,11-14H2,1-2H3,(H,37,38)(H2,30,31,32,33)/t19-,21-/m0/s1. The van der Waals surface area contributed by atoms with Crippen LogP contribution in [0.25, 0.3) is 0 Å². The number of halogens is 3. The van der Waals surface area contributed by atoms with Crippen LogP contribution in [0.15, 0.2) is 30.5 Å². The third kappa shape index (κ3) is 6.53. The lowest BCUT2D eigenvalue weighted by atomic mass is 9.84. The van der Waals surface area contributed by atoms with Gasteiger partial charge in [0.05, 0.1) is 5.92 Å². The van der Waals surface area contributed by atoms with Gasteiger partial charge in [-0.15, -0.1) is 0 Å². The van der Waals surface area contributed by atoms with E-state index in [1.54, 1.807) is 36.2 Å². The normalized spacial score (nSPS) is 21.1. The zero-order chi connectivity index (χ0) is 27.4. The second-order valence-corrected chi connectivity index (χ2v) is 10.1. The number of nitrogens with zero attached hydrogens (tertiary/aromatic N) is 4. The number of rotatable bonds is 7. The molecule has 0 bridgehead atoms. The molecule has 9 nitrogen and oxygen atoms in total. The fraction of sp³-hybridized carbons (Fsp3) is 0.538. The molecule has 38 heavy (non-hydrogen) atoms. The first-order chi connectivity index (χ1) is 18.0. The first kappa shape index (κ1) is 27.6. The van der Waals surface area contributed by atoms with Gasteiger partial charge in [-0.1, -0.05) is 12.8 Å². The summed E-state index contributed by atoms with van der Waals surface area (Å²) in [5, 5.41) is 15.1. The summed E-state index contributed by atoms with van der Waals surface area (Å²) in [7, 11) is 3.86. The van der Waals surface area contributed by atoms with Crippen molar-refractivity contribution in [3.8, 4) is 0 Å². The first-order valence-electron chi connectivity index (χ1n) is 12.8. The van der Waals surface area contributed by atoms with Crippen LogP contribution in [0, 0.1) is 5.92 Å². The molecule has 2 atom stereocenters. The predicted octanol–water partition coefficient (Wildman–Crippen LogP) is 4.46. The van der Waals surface area contributed by atoms with Gasteiger partial charge in [0.2, 0.25) is 5.95 Å². The van der Waals surface area contributed by atoms with Gasteiger partial charge in [-0.2, -0.15) is 18.2 Å². The summed E-state index contributed by atoms with van der Waals surface area (Å²) in [6.45, 7) is 1.87. The van der Waals surface area contributed by atoms with Gasteiger partial charge in [-0.05, 0) is 70.1 Å². The quantitative estimate of drug-likeness (QED) is 0.478. The minimum atomic E-state index is -4.71. The number of carbonyl (C=O) groups excluding carboxylic acids is 1. The number of carboxylic acids is 1. The van der Waals surface area contributed by atoms with Crippen LogP contribution < -0.4 is 10.6 Å². The average molecular weight is 535 g/mol. The SMILES string of the molecule is CN1CCC(N(C)C(=O)c2ccc(Nc3ncc(C(F)(F)F)c(N[C@H]4CCCC[C@@H]4C(=O)O)n3)cc2)CC1. The predicted molar refractivity (Wildman–Crippen MR) is 136 cm³/mol. The molecule has 0 spiro atoms. The highest BCUT2D eigenvalue weighted by atomic mass is 19.4. The van der Waals surface area contributed by atoms with Crippen LogP contribution >= 0.6 is 0 Å². The Morgan fingerprint density at radius 1 is 1.08 bits per heavy atom. The van der Waals surface area contributed by atoms with Gasteiger partial charge in [0.25, 0.3) is 5.91 Å². The molecule has 3 N–H and O–H groups in total. The highest BCUT2D eigenvalue weighted by Crippen LogP contribution is 2.36. The van der Waals surface area contributed by atoms with Crippen LogP contribution in [-0.4, -0.2) is 76.0 Å². The Labute approximate surface area is 219 Å². The molecule has 0 radical (unpaired) electrons. The van der Waals surface area contributed by atoms with Crippen molar-refractivity contribution in [2.45, 2.75) is 56.8 Å². The summed E-state index contributed by atoms with van der Waals surface area (Å²) < 4.78 is 41.0. The molecular weight excluding hydrogens is 501 g/mol. The number of anilines is 3. The van der Waals surface area contributed by atoms with Crippen molar-refractivity contribution in [3.05, 3.63) is 41.6 Å². The van der Waals surface area contributed by atoms with E-state index < -0.39 is 35.5 Å². The van der Waals surface area contributed by atoms with E-state index in [0.29, 0.717) is 36.7 Å². The fourth-order valence-electron chi connectivity index (χ4n) is 5.11. The van der Waals surface area contributed by atoms with E-state index in [4.69, 9.17) is 0 Å². The molecule has 1 saturated carbocycles. The lowest BCUT2D eigenvalue weighted by Gasteiger charge is -2.35. The Hall–Kier alpha value is -3.41. The molecule has 2 heterocycles. The number of hydrogen-bond donors (Lipinski definition) is 3. The highest BCUT2D eigenvalue weighted by molar-refractivity contribution is 5.94. The van der Waals surface area contributed by atoms with E-state index in [0.717, 1.165) is 32.4 Å². The van der Waals surface area contributed by atoms with Crippen LogP contribution in [0.1, 0.15) is 54.4 Å². The number of likely N-dealkylation sites (tertiary alicyclic amines) is 1. The number of hydrogen-bond acceptors (Lipinski definition) is 7. The van der Waals surface area contributed by atoms with E-state index in [9.17, 15) is 27.9 Å². The molecule has 12 heteroatoms. The van der Waals surface area contributed by atoms with Gasteiger partial charge in [0.15, 0.2) is 0 Å². The Balaban J connectivity index is 1.48. The number of carboxylic acid groups (broad SMARTS) is 1. The average Bonchev–Trinajstić information content (AvgIpc) is 2.88. The van der Waals surface area contributed by atoms with E-state index in [1.165, 1.54) is 0 Å². The molecule has 4 rings (SSSR count). The molecule has 2 aliphatic rings. The Morgan fingerprint density at radius 3 is 2.37 bits per heavy atom. The van der Waals surface area contributed by atoms with E-state index in [2.05, 4.69) is 32.5 Å². The van der Waals surface area contributed by atoms with Gasteiger partial charge in [0.1, 0.15) is 11.4 Å². The van der Waals surface area contributed by atoms with E-state index in [1.807, 2.05) is 0 Å². The van der Waals surface area contributed by atoms with E-state index >= 15 is 0 Å². The Morgan fingerprint density at radius 2 is 1.74 bits per heavy atom. The molecule has 2 fully saturated rings. The molecule has 1 amide bonds. The molecule has 1 aromatic carbocycles. The number of amides is 1. The Bertz CT molecular complexity index is 1140. The van der Waals surface area contributed by atoms with Gasteiger partial charge >= 0.3 is 12.1 Å². The van der Waals surface area contributed by atoms with Crippen LogP contribution in [0.5, 0.6) is 0 Å². The second-order valence-electron chi connectivity index (χ2n) is 10.1. The molecule has 1 aromatic heterocycles. The Kier molecular flexibility index (Phi) is 8.39. The third-order valence-electron chi connectivity index (χ3n) is 7.44. The molecule has 1 saturated heterocycles. The van der Waals surface area contributed by atoms with Gasteiger partial charge in [0, 0.05) is 36.6 Å². The molecule has 2 aromatic rings. The number of benzene rings is 1. The van der Waals surface area contributed by atoms with Crippen molar-refractivity contribution < 1.29 is 27.9 Å². The lowest BCUT2D eigenvalue weighted by Crippen LogP contribution is -2.44. The molecule has 206 valence electrons. The van der Waals surface area contributed by atoms with Crippen molar-refractivity contribution in [3.63, 3.8) is 0 Å². The third-order valence-corrected chi connectivity index (χ3v) is 7.44. The van der Waals surface area contributed by atoms with Crippen LogP contribution in [-0.2, 0) is 11.0 Å². The van der Waals surface area contributed by atoms with Gasteiger partial charge in [-0.25, -0.2) is 4.98 Å². The smallest absolute Gasteiger partial charge is 0.421 e. The summed E-state index contributed by atoms with van der Waals surface area (Å²) >= 11 is 0. The maximum absolute atomic E-state index is 13.7. The van der Waals surface area contributed by atoms with Crippen LogP contribution in [0.4, 0.5) is 30.6 Å². The molecule has 1 aliphatic carbocycles. The number of carbonyl (C=O) groups is 2. The van der Waals surface area contributed by atoms with Crippen molar-refractivity contribution in [1.29, 1.82) is 0 Å². The van der Waals surface area contributed by atoms with Gasteiger partial charge in [-0.3, -0.25) is 9.59 Å². The van der Waals surface area contributed by atoms with Crippen LogP contribution in [0.2, 0.25) is 0 Å². The summed E-state index contributed by atoms with van der Waals surface area (Å²) in [6, 6.07) is 6.10. The second kappa shape index (κ2) is 11.5. The summed E-state index contributed by atoms with van der Waals surface area (Å²) in [6.07, 6.45) is 0.0508. The minimum Gasteiger partial charge on any atom is -0.481 e. The summed E-state index contributed by atoms with van der Waals surface area (Å²) in [4.78, 5) is 36.4.